The van der Waals surface area contributed by atoms with Gasteiger partial charge in [0, 0.05) is 0 Å². The Kier molecular flexibility index (Phi) is 4.14. The number of aryl methyl sites for hydroxylation is 1. The van der Waals surface area contributed by atoms with Crippen LogP contribution < -0.4 is 0 Å². The molecule has 14 heavy (non-hydrogen) atoms. The minimum absolute atomic E-state index is 0.234. The van der Waals surface area contributed by atoms with Gasteiger partial charge in [0.05, 0.1) is 6.61 Å². The van der Waals surface area contributed by atoms with Crippen molar-refractivity contribution in [2.75, 3.05) is 6.61 Å². The van der Waals surface area contributed by atoms with Crippen LogP contribution >= 0.6 is 15.9 Å². The zero-order valence-electron chi connectivity index (χ0n) is 8.29. The van der Waals surface area contributed by atoms with Crippen molar-refractivity contribution in [2.24, 2.45) is 0 Å². The lowest BCUT2D eigenvalue weighted by Gasteiger charge is -2.11. The molecular formula is C11H13BrO2. The first-order valence-corrected chi connectivity index (χ1v) is 5.44. The highest BCUT2D eigenvalue weighted by Crippen LogP contribution is 2.26. The average Bonchev–Trinajstić information content (AvgIpc) is 2.18. The fraction of sp³-hybridized carbons (Fsp3) is 0.364. The molecule has 0 aliphatic carbocycles. The van der Waals surface area contributed by atoms with Gasteiger partial charge in [0.25, 0.3) is 0 Å². The number of carbonyl (C=O) groups is 1. The SMILES string of the molecule is CCOC(=O)[C@@H](Br)c1ccccc1C. The van der Waals surface area contributed by atoms with Crippen molar-refractivity contribution in [1.29, 1.82) is 0 Å². The lowest BCUT2D eigenvalue weighted by molar-refractivity contribution is -0.142. The summed E-state index contributed by atoms with van der Waals surface area (Å²) in [4.78, 5) is 11.1. The van der Waals surface area contributed by atoms with Gasteiger partial charge in [-0.1, -0.05) is 40.2 Å². The van der Waals surface area contributed by atoms with Crippen molar-refractivity contribution in [3.8, 4) is 0 Å². The largest absolute Gasteiger partial charge is 0.465 e. The molecule has 3 heteroatoms. The number of hydrogen-bond acceptors (Lipinski definition) is 2. The van der Waals surface area contributed by atoms with E-state index >= 15 is 0 Å². The topological polar surface area (TPSA) is 26.3 Å². The van der Waals surface area contributed by atoms with Crippen LogP contribution in [0.1, 0.15) is 22.9 Å². The van der Waals surface area contributed by atoms with Crippen LogP contribution in [0.3, 0.4) is 0 Å². The molecule has 0 radical (unpaired) electrons. The van der Waals surface area contributed by atoms with Gasteiger partial charge in [0.2, 0.25) is 0 Å². The summed E-state index contributed by atoms with van der Waals surface area (Å²) < 4.78 is 4.93. The molecule has 0 aliphatic rings. The average molecular weight is 257 g/mol. The third kappa shape index (κ3) is 2.58. The van der Waals surface area contributed by atoms with E-state index < -0.39 is 0 Å². The van der Waals surface area contributed by atoms with Crippen LogP contribution in [-0.4, -0.2) is 12.6 Å². The molecule has 0 saturated heterocycles. The first kappa shape index (κ1) is 11.2. The number of rotatable bonds is 3. The Morgan fingerprint density at radius 1 is 1.50 bits per heavy atom. The molecule has 0 heterocycles. The van der Waals surface area contributed by atoms with Crippen LogP contribution in [0.4, 0.5) is 0 Å². The van der Waals surface area contributed by atoms with Gasteiger partial charge in [-0.15, -0.1) is 0 Å². The van der Waals surface area contributed by atoms with Crippen LogP contribution in [0.25, 0.3) is 0 Å². The van der Waals surface area contributed by atoms with Crippen molar-refractivity contribution in [2.45, 2.75) is 18.7 Å². The lowest BCUT2D eigenvalue weighted by atomic mass is 10.1. The predicted octanol–water partition coefficient (Wildman–Crippen LogP) is 2.99. The molecule has 2 nitrogen and oxygen atoms in total. The number of benzene rings is 1. The van der Waals surface area contributed by atoms with E-state index in [0.717, 1.165) is 11.1 Å². The van der Waals surface area contributed by atoms with Crippen molar-refractivity contribution < 1.29 is 9.53 Å². The smallest absolute Gasteiger partial charge is 0.324 e. The molecule has 1 atom stereocenters. The van der Waals surface area contributed by atoms with E-state index in [2.05, 4.69) is 15.9 Å². The highest BCUT2D eigenvalue weighted by molar-refractivity contribution is 9.09. The summed E-state index contributed by atoms with van der Waals surface area (Å²) in [6.45, 7) is 4.19. The van der Waals surface area contributed by atoms with Crippen molar-refractivity contribution >= 4 is 21.9 Å². The van der Waals surface area contributed by atoms with Crippen molar-refractivity contribution in [3.05, 3.63) is 35.4 Å². The minimum Gasteiger partial charge on any atom is -0.465 e. The Balaban J connectivity index is 2.84. The minimum atomic E-state index is -0.358. The van der Waals surface area contributed by atoms with Gasteiger partial charge in [-0.2, -0.15) is 0 Å². The molecule has 0 N–H and O–H groups in total. The van der Waals surface area contributed by atoms with Crippen molar-refractivity contribution in [3.63, 3.8) is 0 Å². The third-order valence-corrected chi connectivity index (χ3v) is 2.82. The zero-order valence-corrected chi connectivity index (χ0v) is 9.87. The van der Waals surface area contributed by atoms with Crippen LogP contribution in [-0.2, 0) is 9.53 Å². The van der Waals surface area contributed by atoms with Gasteiger partial charge in [-0.25, -0.2) is 0 Å². The third-order valence-electron chi connectivity index (χ3n) is 1.96. The summed E-state index contributed by atoms with van der Waals surface area (Å²) in [6, 6.07) is 7.76. The monoisotopic (exact) mass is 256 g/mol. The number of alkyl halides is 1. The maximum atomic E-state index is 11.4. The van der Waals surface area contributed by atoms with Crippen LogP contribution in [0.5, 0.6) is 0 Å². The number of esters is 1. The number of carbonyl (C=O) groups excluding carboxylic acids is 1. The number of halogens is 1. The molecule has 0 aliphatic heterocycles. The molecule has 0 amide bonds. The Bertz CT molecular complexity index is 323. The second-order valence-corrected chi connectivity index (χ2v) is 3.89. The summed E-state index contributed by atoms with van der Waals surface area (Å²) in [5.74, 6) is -0.234. The Labute approximate surface area is 92.4 Å². The zero-order chi connectivity index (χ0) is 10.6. The Hall–Kier alpha value is -0.830. The summed E-state index contributed by atoms with van der Waals surface area (Å²) in [5.41, 5.74) is 2.05. The molecule has 0 saturated carbocycles. The lowest BCUT2D eigenvalue weighted by Crippen LogP contribution is -2.11. The summed E-state index contributed by atoms with van der Waals surface area (Å²) in [5, 5.41) is 0. The van der Waals surface area contributed by atoms with E-state index in [4.69, 9.17) is 4.74 Å². The quantitative estimate of drug-likeness (QED) is 0.614. The summed E-state index contributed by atoms with van der Waals surface area (Å²) in [7, 11) is 0. The maximum absolute atomic E-state index is 11.4. The van der Waals surface area contributed by atoms with E-state index in [1.54, 1.807) is 6.92 Å². The molecule has 0 spiro atoms. The fourth-order valence-electron chi connectivity index (χ4n) is 1.21. The highest BCUT2D eigenvalue weighted by Gasteiger charge is 2.19. The molecule has 76 valence electrons. The predicted molar refractivity (Wildman–Crippen MR) is 59.5 cm³/mol. The molecule has 0 fully saturated rings. The van der Waals surface area contributed by atoms with E-state index in [-0.39, 0.29) is 10.8 Å². The molecule has 1 aromatic rings. The van der Waals surface area contributed by atoms with E-state index in [1.807, 2.05) is 31.2 Å². The summed E-state index contributed by atoms with van der Waals surface area (Å²) >= 11 is 3.33. The second-order valence-electron chi connectivity index (χ2n) is 2.97. The van der Waals surface area contributed by atoms with Crippen LogP contribution in [0, 0.1) is 6.92 Å². The first-order chi connectivity index (χ1) is 6.66. The van der Waals surface area contributed by atoms with Gasteiger partial charge < -0.3 is 4.74 Å². The van der Waals surface area contributed by atoms with Gasteiger partial charge in [0.1, 0.15) is 4.83 Å². The maximum Gasteiger partial charge on any atom is 0.324 e. The van der Waals surface area contributed by atoms with Crippen LogP contribution in [0.2, 0.25) is 0 Å². The van der Waals surface area contributed by atoms with Gasteiger partial charge in [0.15, 0.2) is 0 Å². The molecular weight excluding hydrogens is 244 g/mol. The standard InChI is InChI=1S/C11H13BrO2/c1-3-14-11(13)10(12)9-7-5-4-6-8(9)2/h4-7,10H,3H2,1-2H3/t10-/m0/s1. The first-order valence-electron chi connectivity index (χ1n) is 4.53. The highest BCUT2D eigenvalue weighted by atomic mass is 79.9. The molecule has 1 rings (SSSR count). The number of ether oxygens (including phenoxy) is 1. The Morgan fingerprint density at radius 2 is 2.14 bits per heavy atom. The molecule has 1 aromatic carbocycles. The van der Waals surface area contributed by atoms with Gasteiger partial charge in [-0.3, -0.25) is 4.79 Å². The molecule has 0 aromatic heterocycles. The fourth-order valence-corrected chi connectivity index (χ4v) is 1.86. The molecule has 0 bridgehead atoms. The van der Waals surface area contributed by atoms with Crippen molar-refractivity contribution in [1.82, 2.24) is 0 Å². The number of hydrogen-bond donors (Lipinski definition) is 0. The van der Waals surface area contributed by atoms with Gasteiger partial charge >= 0.3 is 5.97 Å². The normalized spacial score (nSPS) is 12.2. The van der Waals surface area contributed by atoms with Gasteiger partial charge in [-0.05, 0) is 25.0 Å². The Morgan fingerprint density at radius 3 is 2.71 bits per heavy atom. The van der Waals surface area contributed by atoms with E-state index in [1.165, 1.54) is 0 Å². The van der Waals surface area contributed by atoms with Crippen LogP contribution in [0.15, 0.2) is 24.3 Å². The second kappa shape index (κ2) is 5.15. The molecule has 0 unspecified atom stereocenters. The summed E-state index contributed by atoms with van der Waals surface area (Å²) in [6.07, 6.45) is 0. The van der Waals surface area contributed by atoms with E-state index in [0.29, 0.717) is 6.61 Å². The van der Waals surface area contributed by atoms with E-state index in [9.17, 15) is 4.79 Å².